The average Bonchev–Trinajstić information content (AvgIpc) is 2.97. The fraction of sp³-hybridized carbons (Fsp3) is 0.632. The SMILES string of the molecule is CSc1ccc(CN[C@@H]2C[C@@H](C(=O)NC(C)C)N(C(C)C)C2)cc1. The molecule has 0 saturated carbocycles. The molecule has 24 heavy (non-hydrogen) atoms. The number of benzene rings is 1. The van der Waals surface area contributed by atoms with Gasteiger partial charge in [-0.25, -0.2) is 0 Å². The lowest BCUT2D eigenvalue weighted by atomic mass is 10.1. The molecular weight excluding hydrogens is 318 g/mol. The number of nitrogens with one attached hydrogen (secondary N) is 2. The van der Waals surface area contributed by atoms with Gasteiger partial charge in [0.2, 0.25) is 5.91 Å². The van der Waals surface area contributed by atoms with Crippen molar-refractivity contribution in [3.8, 4) is 0 Å². The Labute approximate surface area is 150 Å². The van der Waals surface area contributed by atoms with Gasteiger partial charge in [0.15, 0.2) is 0 Å². The Morgan fingerprint density at radius 2 is 1.92 bits per heavy atom. The van der Waals surface area contributed by atoms with Crippen LogP contribution in [-0.2, 0) is 11.3 Å². The van der Waals surface area contributed by atoms with Crippen molar-refractivity contribution in [1.29, 1.82) is 0 Å². The van der Waals surface area contributed by atoms with Crippen molar-refractivity contribution < 1.29 is 4.79 Å². The quantitative estimate of drug-likeness (QED) is 0.743. The third-order valence-electron chi connectivity index (χ3n) is 4.49. The van der Waals surface area contributed by atoms with E-state index in [4.69, 9.17) is 0 Å². The molecule has 0 aliphatic carbocycles. The summed E-state index contributed by atoms with van der Waals surface area (Å²) in [6.07, 6.45) is 2.97. The first-order valence-corrected chi connectivity index (χ1v) is 10.1. The van der Waals surface area contributed by atoms with Crippen molar-refractivity contribution in [2.75, 3.05) is 12.8 Å². The zero-order chi connectivity index (χ0) is 17.7. The molecule has 1 fully saturated rings. The zero-order valence-electron chi connectivity index (χ0n) is 15.5. The highest BCUT2D eigenvalue weighted by atomic mass is 32.2. The summed E-state index contributed by atoms with van der Waals surface area (Å²) in [4.78, 5) is 16.1. The molecule has 5 heteroatoms. The number of hydrogen-bond donors (Lipinski definition) is 2. The molecule has 1 amide bonds. The molecule has 4 nitrogen and oxygen atoms in total. The predicted molar refractivity (Wildman–Crippen MR) is 102 cm³/mol. The number of amides is 1. The molecule has 1 heterocycles. The molecule has 0 spiro atoms. The summed E-state index contributed by atoms with van der Waals surface area (Å²) in [5.74, 6) is 0.160. The topological polar surface area (TPSA) is 44.4 Å². The Bertz CT molecular complexity index is 530. The van der Waals surface area contributed by atoms with Crippen molar-refractivity contribution in [2.45, 2.75) is 69.7 Å². The lowest BCUT2D eigenvalue weighted by Gasteiger charge is -2.27. The summed E-state index contributed by atoms with van der Waals surface area (Å²) in [5, 5.41) is 6.70. The minimum Gasteiger partial charge on any atom is -0.353 e. The van der Waals surface area contributed by atoms with Gasteiger partial charge in [0.25, 0.3) is 0 Å². The van der Waals surface area contributed by atoms with Gasteiger partial charge in [-0.15, -0.1) is 11.8 Å². The number of rotatable bonds is 7. The van der Waals surface area contributed by atoms with E-state index >= 15 is 0 Å². The van der Waals surface area contributed by atoms with Crippen molar-refractivity contribution in [3.05, 3.63) is 29.8 Å². The molecule has 134 valence electrons. The number of carbonyl (C=O) groups excluding carboxylic acids is 1. The molecular formula is C19H31N3OS. The fourth-order valence-corrected chi connectivity index (χ4v) is 3.63. The van der Waals surface area contributed by atoms with Crippen molar-refractivity contribution in [3.63, 3.8) is 0 Å². The molecule has 0 radical (unpaired) electrons. The first-order valence-electron chi connectivity index (χ1n) is 8.83. The third-order valence-corrected chi connectivity index (χ3v) is 5.23. The first kappa shape index (κ1) is 19.3. The standard InChI is InChI=1S/C19H31N3OS/c1-13(2)21-19(23)18-10-16(12-22(18)14(3)4)20-11-15-6-8-17(24-5)9-7-15/h6-9,13-14,16,18,20H,10-12H2,1-5H3,(H,21,23)/t16-,18+/m1/s1. The van der Waals surface area contributed by atoms with Crippen LogP contribution in [0.5, 0.6) is 0 Å². The summed E-state index contributed by atoms with van der Waals surface area (Å²) in [5.41, 5.74) is 1.29. The van der Waals surface area contributed by atoms with E-state index in [9.17, 15) is 4.79 Å². The van der Waals surface area contributed by atoms with Gasteiger partial charge in [0, 0.05) is 36.1 Å². The van der Waals surface area contributed by atoms with E-state index < -0.39 is 0 Å². The van der Waals surface area contributed by atoms with Gasteiger partial charge in [-0.3, -0.25) is 9.69 Å². The molecule has 0 unspecified atom stereocenters. The van der Waals surface area contributed by atoms with Crippen LogP contribution in [0.3, 0.4) is 0 Å². The van der Waals surface area contributed by atoms with Gasteiger partial charge in [0.1, 0.15) is 0 Å². The molecule has 0 bridgehead atoms. The third kappa shape index (κ3) is 5.23. The molecule has 1 saturated heterocycles. The van der Waals surface area contributed by atoms with Gasteiger partial charge >= 0.3 is 0 Å². The summed E-state index contributed by atoms with van der Waals surface area (Å²) in [6.45, 7) is 10.1. The van der Waals surface area contributed by atoms with Crippen LogP contribution in [0.2, 0.25) is 0 Å². The molecule has 0 aromatic heterocycles. The Hall–Kier alpha value is -1.04. The predicted octanol–water partition coefficient (Wildman–Crippen LogP) is 2.87. The number of thioether (sulfide) groups is 1. The molecule has 1 aromatic carbocycles. The van der Waals surface area contributed by atoms with Crippen LogP contribution >= 0.6 is 11.8 Å². The highest BCUT2D eigenvalue weighted by molar-refractivity contribution is 7.98. The largest absolute Gasteiger partial charge is 0.353 e. The van der Waals surface area contributed by atoms with Crippen LogP contribution in [0.1, 0.15) is 39.7 Å². The second kappa shape index (κ2) is 8.88. The zero-order valence-corrected chi connectivity index (χ0v) is 16.3. The summed E-state index contributed by atoms with van der Waals surface area (Å²) in [7, 11) is 0. The molecule has 2 rings (SSSR count). The highest BCUT2D eigenvalue weighted by Crippen LogP contribution is 2.22. The van der Waals surface area contributed by atoms with E-state index in [2.05, 4.69) is 59.9 Å². The maximum Gasteiger partial charge on any atom is 0.237 e. The Kier molecular flexibility index (Phi) is 7.14. The van der Waals surface area contributed by atoms with Gasteiger partial charge < -0.3 is 10.6 Å². The van der Waals surface area contributed by atoms with Crippen LogP contribution in [0.15, 0.2) is 29.2 Å². The van der Waals surface area contributed by atoms with Crippen molar-refractivity contribution >= 4 is 17.7 Å². The van der Waals surface area contributed by atoms with E-state index in [1.807, 2.05) is 13.8 Å². The van der Waals surface area contributed by atoms with Crippen molar-refractivity contribution in [2.24, 2.45) is 0 Å². The molecule has 1 aliphatic rings. The van der Waals surface area contributed by atoms with E-state index in [0.29, 0.717) is 12.1 Å². The van der Waals surface area contributed by atoms with Crippen LogP contribution < -0.4 is 10.6 Å². The lowest BCUT2D eigenvalue weighted by molar-refractivity contribution is -0.126. The summed E-state index contributed by atoms with van der Waals surface area (Å²) < 4.78 is 0. The van der Waals surface area contributed by atoms with E-state index in [-0.39, 0.29) is 18.0 Å². The first-order chi connectivity index (χ1) is 11.4. The van der Waals surface area contributed by atoms with Crippen LogP contribution in [0.25, 0.3) is 0 Å². The van der Waals surface area contributed by atoms with Gasteiger partial charge in [-0.1, -0.05) is 12.1 Å². The minimum atomic E-state index is -0.0243. The Morgan fingerprint density at radius 1 is 1.25 bits per heavy atom. The Morgan fingerprint density at radius 3 is 2.46 bits per heavy atom. The van der Waals surface area contributed by atoms with Crippen LogP contribution in [0, 0.1) is 0 Å². The normalized spacial score (nSPS) is 21.6. The van der Waals surface area contributed by atoms with Gasteiger partial charge in [-0.05, 0) is 58.1 Å². The van der Waals surface area contributed by atoms with Crippen LogP contribution in [-0.4, -0.2) is 47.8 Å². The number of nitrogens with zero attached hydrogens (tertiary/aromatic N) is 1. The maximum atomic E-state index is 12.5. The second-order valence-corrected chi connectivity index (χ2v) is 8.01. The fourth-order valence-electron chi connectivity index (χ4n) is 3.22. The highest BCUT2D eigenvalue weighted by Gasteiger charge is 2.37. The number of likely N-dealkylation sites (tertiary alicyclic amines) is 1. The minimum absolute atomic E-state index is 0.0243. The van der Waals surface area contributed by atoms with E-state index in [1.165, 1.54) is 10.5 Å². The summed E-state index contributed by atoms with van der Waals surface area (Å²) >= 11 is 1.76. The van der Waals surface area contributed by atoms with Gasteiger partial charge in [0.05, 0.1) is 6.04 Å². The van der Waals surface area contributed by atoms with E-state index in [0.717, 1.165) is 19.5 Å². The molecule has 1 aliphatic heterocycles. The summed E-state index contributed by atoms with van der Waals surface area (Å²) in [6, 6.07) is 9.58. The smallest absolute Gasteiger partial charge is 0.237 e. The average molecular weight is 350 g/mol. The second-order valence-electron chi connectivity index (χ2n) is 7.13. The number of hydrogen-bond acceptors (Lipinski definition) is 4. The molecule has 2 N–H and O–H groups in total. The van der Waals surface area contributed by atoms with Gasteiger partial charge in [-0.2, -0.15) is 0 Å². The van der Waals surface area contributed by atoms with E-state index in [1.54, 1.807) is 11.8 Å². The van der Waals surface area contributed by atoms with Crippen molar-refractivity contribution in [1.82, 2.24) is 15.5 Å². The molecule has 2 atom stereocenters. The maximum absolute atomic E-state index is 12.5. The lowest BCUT2D eigenvalue weighted by Crippen LogP contribution is -2.47. The van der Waals surface area contributed by atoms with Crippen LogP contribution in [0.4, 0.5) is 0 Å². The number of carbonyl (C=O) groups is 1. The Balaban J connectivity index is 1.92. The monoisotopic (exact) mass is 349 g/mol. The molecule has 1 aromatic rings.